The number of allylic oxidation sites excluding steroid dienone is 3. The van der Waals surface area contributed by atoms with E-state index in [0.717, 1.165) is 18.4 Å². The Morgan fingerprint density at radius 3 is 2.83 bits per heavy atom. The number of halogens is 1. The van der Waals surface area contributed by atoms with Gasteiger partial charge in [0.15, 0.2) is 0 Å². The third-order valence-corrected chi connectivity index (χ3v) is 3.85. The molecule has 2 aliphatic rings. The topological polar surface area (TPSA) is 3.24 Å². The van der Waals surface area contributed by atoms with Gasteiger partial charge in [-0.1, -0.05) is 24.3 Å². The SMILES string of the molecule is Fc1ccccc1CN1C=CCC2=C1CCCC2. The predicted octanol–water partition coefficient (Wildman–Crippen LogP) is 4.37. The predicted molar refractivity (Wildman–Crippen MR) is 71.2 cm³/mol. The van der Waals surface area contributed by atoms with Gasteiger partial charge in [-0.25, -0.2) is 4.39 Å². The molecule has 0 fully saturated rings. The summed E-state index contributed by atoms with van der Waals surface area (Å²) in [4.78, 5) is 2.23. The van der Waals surface area contributed by atoms with Crippen molar-refractivity contribution < 1.29 is 4.39 Å². The van der Waals surface area contributed by atoms with Crippen LogP contribution in [0.3, 0.4) is 0 Å². The lowest BCUT2D eigenvalue weighted by Gasteiger charge is -2.32. The second-order valence-electron chi connectivity index (χ2n) is 5.07. The molecule has 1 aromatic rings. The van der Waals surface area contributed by atoms with Crippen molar-refractivity contribution in [1.29, 1.82) is 0 Å². The van der Waals surface area contributed by atoms with Crippen molar-refractivity contribution >= 4 is 0 Å². The van der Waals surface area contributed by atoms with Crippen LogP contribution in [-0.2, 0) is 6.54 Å². The van der Waals surface area contributed by atoms with Crippen molar-refractivity contribution in [3.05, 3.63) is 59.2 Å². The molecule has 0 atom stereocenters. The minimum absolute atomic E-state index is 0.102. The Kier molecular flexibility index (Phi) is 3.18. The van der Waals surface area contributed by atoms with Gasteiger partial charge < -0.3 is 4.90 Å². The summed E-state index contributed by atoms with van der Waals surface area (Å²) in [6.45, 7) is 0.655. The molecular weight excluding hydrogens is 225 g/mol. The molecule has 3 rings (SSSR count). The van der Waals surface area contributed by atoms with Gasteiger partial charge in [-0.15, -0.1) is 0 Å². The second-order valence-corrected chi connectivity index (χ2v) is 5.07. The zero-order valence-electron chi connectivity index (χ0n) is 10.5. The van der Waals surface area contributed by atoms with Gasteiger partial charge in [0, 0.05) is 17.5 Å². The standard InChI is InChI=1S/C16H18FN/c17-15-9-3-1-7-14(15)12-18-11-5-8-13-6-2-4-10-16(13)18/h1,3,5,7,9,11H,2,4,6,8,10,12H2. The zero-order valence-corrected chi connectivity index (χ0v) is 10.5. The average Bonchev–Trinajstić information content (AvgIpc) is 2.42. The summed E-state index contributed by atoms with van der Waals surface area (Å²) in [6, 6.07) is 7.07. The molecule has 2 heteroatoms. The smallest absolute Gasteiger partial charge is 0.128 e. The van der Waals surface area contributed by atoms with Crippen LogP contribution in [0.25, 0.3) is 0 Å². The normalized spacial score (nSPS) is 19.1. The van der Waals surface area contributed by atoms with Gasteiger partial charge in [-0.05, 0) is 43.7 Å². The van der Waals surface area contributed by atoms with E-state index in [9.17, 15) is 4.39 Å². The molecule has 0 radical (unpaired) electrons. The first-order valence-electron chi connectivity index (χ1n) is 6.72. The Bertz CT molecular complexity index is 502. The molecular formula is C16H18FN. The van der Waals surface area contributed by atoms with Crippen molar-refractivity contribution in [2.75, 3.05) is 0 Å². The third kappa shape index (κ3) is 2.20. The average molecular weight is 243 g/mol. The highest BCUT2D eigenvalue weighted by molar-refractivity contribution is 5.27. The first-order chi connectivity index (χ1) is 8.84. The Hall–Kier alpha value is -1.57. The monoisotopic (exact) mass is 243 g/mol. The van der Waals surface area contributed by atoms with E-state index >= 15 is 0 Å². The highest BCUT2D eigenvalue weighted by atomic mass is 19.1. The largest absolute Gasteiger partial charge is 0.347 e. The molecule has 0 saturated heterocycles. The van der Waals surface area contributed by atoms with Crippen molar-refractivity contribution in [1.82, 2.24) is 4.90 Å². The first kappa shape index (κ1) is 11.5. The summed E-state index contributed by atoms with van der Waals surface area (Å²) in [6.07, 6.45) is 10.3. The lowest BCUT2D eigenvalue weighted by Crippen LogP contribution is -2.22. The minimum Gasteiger partial charge on any atom is -0.347 e. The molecule has 18 heavy (non-hydrogen) atoms. The van der Waals surface area contributed by atoms with Crippen molar-refractivity contribution in [2.24, 2.45) is 0 Å². The summed E-state index contributed by atoms with van der Waals surface area (Å²) < 4.78 is 13.7. The molecule has 1 aliphatic carbocycles. The first-order valence-corrected chi connectivity index (χ1v) is 6.72. The van der Waals surface area contributed by atoms with E-state index in [4.69, 9.17) is 0 Å². The number of nitrogens with zero attached hydrogens (tertiary/aromatic N) is 1. The fourth-order valence-electron chi connectivity index (χ4n) is 2.89. The molecule has 1 aromatic carbocycles. The van der Waals surface area contributed by atoms with Crippen LogP contribution in [0.1, 0.15) is 37.7 Å². The van der Waals surface area contributed by atoms with Crippen LogP contribution in [0.15, 0.2) is 47.8 Å². The molecule has 0 unspecified atom stereocenters. The maximum absolute atomic E-state index is 13.7. The van der Waals surface area contributed by atoms with Gasteiger partial charge in [-0.3, -0.25) is 0 Å². The maximum atomic E-state index is 13.7. The maximum Gasteiger partial charge on any atom is 0.128 e. The number of hydrogen-bond donors (Lipinski definition) is 0. The van der Waals surface area contributed by atoms with Gasteiger partial charge in [0.1, 0.15) is 5.82 Å². The fourth-order valence-corrected chi connectivity index (χ4v) is 2.89. The van der Waals surface area contributed by atoms with Crippen LogP contribution in [0.4, 0.5) is 4.39 Å². The summed E-state index contributed by atoms with van der Waals surface area (Å²) in [5, 5.41) is 0. The number of benzene rings is 1. The van der Waals surface area contributed by atoms with Gasteiger partial charge in [0.25, 0.3) is 0 Å². The van der Waals surface area contributed by atoms with Crippen molar-refractivity contribution in [3.63, 3.8) is 0 Å². The molecule has 0 aromatic heterocycles. The van der Waals surface area contributed by atoms with Gasteiger partial charge >= 0.3 is 0 Å². The van der Waals surface area contributed by atoms with E-state index in [1.807, 2.05) is 12.1 Å². The molecule has 0 saturated carbocycles. The van der Waals surface area contributed by atoms with Crippen molar-refractivity contribution in [3.8, 4) is 0 Å². The number of rotatable bonds is 2. The van der Waals surface area contributed by atoms with Crippen LogP contribution in [0, 0.1) is 5.82 Å². The van der Waals surface area contributed by atoms with Crippen LogP contribution < -0.4 is 0 Å². The van der Waals surface area contributed by atoms with Crippen LogP contribution in [-0.4, -0.2) is 4.90 Å². The summed E-state index contributed by atoms with van der Waals surface area (Å²) >= 11 is 0. The summed E-state index contributed by atoms with van der Waals surface area (Å²) in [5.41, 5.74) is 3.77. The third-order valence-electron chi connectivity index (χ3n) is 3.85. The van der Waals surface area contributed by atoms with E-state index < -0.39 is 0 Å². The highest BCUT2D eigenvalue weighted by Gasteiger charge is 2.20. The van der Waals surface area contributed by atoms with Crippen LogP contribution in [0.2, 0.25) is 0 Å². The zero-order chi connectivity index (χ0) is 12.4. The molecule has 0 N–H and O–H groups in total. The lowest BCUT2D eigenvalue weighted by atomic mass is 9.91. The second kappa shape index (κ2) is 4.97. The Morgan fingerprint density at radius 1 is 1.11 bits per heavy atom. The van der Waals surface area contributed by atoms with Gasteiger partial charge in [-0.2, -0.15) is 0 Å². The molecule has 1 aliphatic heterocycles. The molecule has 0 spiro atoms. The Morgan fingerprint density at radius 2 is 1.94 bits per heavy atom. The lowest BCUT2D eigenvalue weighted by molar-refractivity contribution is 0.392. The highest BCUT2D eigenvalue weighted by Crippen LogP contribution is 2.33. The van der Waals surface area contributed by atoms with E-state index in [1.165, 1.54) is 25.0 Å². The molecule has 0 bridgehead atoms. The summed E-state index contributed by atoms with van der Waals surface area (Å²) in [5.74, 6) is -0.102. The molecule has 1 heterocycles. The summed E-state index contributed by atoms with van der Waals surface area (Å²) in [7, 11) is 0. The molecule has 94 valence electrons. The van der Waals surface area contributed by atoms with E-state index in [-0.39, 0.29) is 5.82 Å². The quantitative estimate of drug-likeness (QED) is 0.745. The van der Waals surface area contributed by atoms with E-state index in [0.29, 0.717) is 6.54 Å². The van der Waals surface area contributed by atoms with E-state index in [1.54, 1.807) is 17.7 Å². The van der Waals surface area contributed by atoms with Gasteiger partial charge in [0.05, 0.1) is 6.54 Å². The Labute approximate surface area is 108 Å². The molecule has 0 amide bonds. The van der Waals surface area contributed by atoms with Crippen molar-refractivity contribution in [2.45, 2.75) is 38.6 Å². The molecule has 1 nitrogen and oxygen atoms in total. The van der Waals surface area contributed by atoms with E-state index in [2.05, 4.69) is 17.2 Å². The van der Waals surface area contributed by atoms with Crippen LogP contribution in [0.5, 0.6) is 0 Å². The Balaban J connectivity index is 1.84. The van der Waals surface area contributed by atoms with Crippen LogP contribution >= 0.6 is 0 Å². The minimum atomic E-state index is -0.102. The number of hydrogen-bond acceptors (Lipinski definition) is 1. The fraction of sp³-hybridized carbons (Fsp3) is 0.375. The van der Waals surface area contributed by atoms with Gasteiger partial charge in [0.2, 0.25) is 0 Å².